The Bertz CT molecular complexity index is 3190. The van der Waals surface area contributed by atoms with Crippen LogP contribution in [0.15, 0.2) is 53.6 Å². The summed E-state index contributed by atoms with van der Waals surface area (Å²) < 4.78 is 107. The minimum atomic E-state index is -4.07. The molecule has 5 aromatic rings. The number of rotatable bonds is 11. The van der Waals surface area contributed by atoms with Crippen LogP contribution in [-0.4, -0.2) is 131 Å². The van der Waals surface area contributed by atoms with Crippen LogP contribution in [0.1, 0.15) is 63.0 Å². The molecule has 4 amide bonds. The zero-order chi connectivity index (χ0) is 50.1. The van der Waals surface area contributed by atoms with Crippen LogP contribution in [0.2, 0.25) is 0 Å². The molecule has 370 valence electrons. The van der Waals surface area contributed by atoms with Crippen molar-refractivity contribution in [2.45, 2.75) is 68.9 Å². The molecule has 24 heteroatoms. The summed E-state index contributed by atoms with van der Waals surface area (Å²) in [6, 6.07) is 9.88. The zero-order valence-corrected chi connectivity index (χ0v) is 39.4. The first-order valence-electron chi connectivity index (χ1n) is 22.6. The van der Waals surface area contributed by atoms with Gasteiger partial charge >= 0.3 is 16.2 Å². The van der Waals surface area contributed by atoms with Gasteiger partial charge in [-0.3, -0.25) is 43.5 Å². The number of nitrogens with zero attached hydrogens (tertiary/aromatic N) is 9. The number of amides is 4. The molecule has 4 aliphatic heterocycles. The van der Waals surface area contributed by atoms with Crippen molar-refractivity contribution in [3.05, 3.63) is 81.9 Å². The fraction of sp³-hybridized carbons (Fsp3) is 0.457. The smallest absolute Gasteiger partial charge is 0.329 e. The minimum absolute atomic E-state index is 0.0155. The van der Waals surface area contributed by atoms with Gasteiger partial charge < -0.3 is 14.4 Å². The SMILES string of the molecule is CCN(C)S(=O)(=O)Nc1ccc(F)c(Oc2ccc3ncn(C4(C)COC5(CCN(C(=O)CN6CC[C@@H](c7cc8c(cc7F)c(N7CCC(=O)NC7=O)nn8C)C(F)(F)C6)CC5)C4)c(=O)c3c2)c1C#N. The van der Waals surface area contributed by atoms with Crippen LogP contribution in [0.4, 0.5) is 33.9 Å². The number of aromatic nitrogens is 4. The molecular formula is C46H49F4N11O8S. The van der Waals surface area contributed by atoms with Gasteiger partial charge in [0.2, 0.25) is 11.8 Å². The average Bonchev–Trinajstić information content (AvgIpc) is 3.81. The van der Waals surface area contributed by atoms with E-state index in [0.717, 1.165) is 22.5 Å². The van der Waals surface area contributed by atoms with Crippen LogP contribution in [0, 0.1) is 23.0 Å². The Morgan fingerprint density at radius 1 is 1.06 bits per heavy atom. The molecule has 4 fully saturated rings. The molecule has 19 nitrogen and oxygen atoms in total. The number of carbonyl (C=O) groups is 3. The number of fused-ring (bicyclic) bond motifs is 2. The maximum Gasteiger partial charge on any atom is 0.329 e. The fourth-order valence-corrected chi connectivity index (χ4v) is 10.9. The number of alkyl halides is 2. The Morgan fingerprint density at radius 2 is 1.81 bits per heavy atom. The van der Waals surface area contributed by atoms with Crippen molar-refractivity contribution in [2.75, 3.05) is 69.1 Å². The van der Waals surface area contributed by atoms with Crippen molar-refractivity contribution < 1.29 is 49.8 Å². The zero-order valence-electron chi connectivity index (χ0n) is 38.6. The molecule has 6 heterocycles. The van der Waals surface area contributed by atoms with Gasteiger partial charge in [0.1, 0.15) is 23.2 Å². The summed E-state index contributed by atoms with van der Waals surface area (Å²) >= 11 is 0. The predicted molar refractivity (Wildman–Crippen MR) is 246 cm³/mol. The van der Waals surface area contributed by atoms with Crippen LogP contribution in [0.5, 0.6) is 11.5 Å². The molecule has 1 unspecified atom stereocenters. The first-order valence-corrected chi connectivity index (χ1v) is 24.0. The summed E-state index contributed by atoms with van der Waals surface area (Å²) in [7, 11) is -1.18. The monoisotopic (exact) mass is 991 g/mol. The summed E-state index contributed by atoms with van der Waals surface area (Å²) in [5, 5.41) is 16.8. The number of imide groups is 1. The molecule has 70 heavy (non-hydrogen) atoms. The Labute approximate surface area is 398 Å². The third kappa shape index (κ3) is 8.79. The third-order valence-electron chi connectivity index (χ3n) is 13.9. The highest BCUT2D eigenvalue weighted by molar-refractivity contribution is 7.90. The fourth-order valence-electron chi connectivity index (χ4n) is 9.98. The lowest BCUT2D eigenvalue weighted by Crippen LogP contribution is -2.53. The molecule has 2 aromatic heterocycles. The first-order chi connectivity index (χ1) is 33.1. The molecule has 0 saturated carbocycles. The van der Waals surface area contributed by atoms with Crippen LogP contribution in [0.25, 0.3) is 21.8 Å². The van der Waals surface area contributed by atoms with E-state index in [0.29, 0.717) is 30.3 Å². The van der Waals surface area contributed by atoms with Gasteiger partial charge in [-0.2, -0.15) is 23.1 Å². The average molecular weight is 992 g/mol. The van der Waals surface area contributed by atoms with Gasteiger partial charge in [0.15, 0.2) is 17.4 Å². The standard InChI is InChI=1S/C46H49F4N11O8S/c1-5-56(3)70(66,67)55-36-9-7-33(47)40(31(36)21-51)69-27-6-8-35-29(18-27)42(64)61(26-52-35)44(2)23-45(68-25-44)12-16-59(17-13-45)39(63)22-58-14-10-32(46(49,50)24-58)28-20-37-30(19-34(28)48)41(54-57(37)4)60-15-11-38(62)53-43(60)65/h6-9,18-20,26,32,55H,5,10-17,22-25H2,1-4H3,(H,53,62,65)/t32-,44?/m0/s1. The lowest BCUT2D eigenvalue weighted by molar-refractivity contribution is -0.140. The van der Waals surface area contributed by atoms with Gasteiger partial charge in [0, 0.05) is 58.5 Å². The number of halogens is 4. The lowest BCUT2D eigenvalue weighted by Gasteiger charge is -2.41. The van der Waals surface area contributed by atoms with Crippen molar-refractivity contribution in [1.82, 2.24) is 38.8 Å². The quantitative estimate of drug-likeness (QED) is 0.169. The summed E-state index contributed by atoms with van der Waals surface area (Å²) in [6.45, 7) is 3.39. The largest absolute Gasteiger partial charge is 0.453 e. The number of anilines is 2. The highest BCUT2D eigenvalue weighted by Crippen LogP contribution is 2.45. The molecule has 0 radical (unpaired) electrons. The van der Waals surface area contributed by atoms with Gasteiger partial charge in [0.25, 0.3) is 11.5 Å². The predicted octanol–water partition coefficient (Wildman–Crippen LogP) is 4.90. The van der Waals surface area contributed by atoms with Crippen LogP contribution >= 0.6 is 0 Å². The van der Waals surface area contributed by atoms with Crippen molar-refractivity contribution in [3.63, 3.8) is 0 Å². The molecular weight excluding hydrogens is 943 g/mol. The summed E-state index contributed by atoms with van der Waals surface area (Å²) in [5.74, 6) is -7.96. The van der Waals surface area contributed by atoms with E-state index in [4.69, 9.17) is 9.47 Å². The van der Waals surface area contributed by atoms with Crippen molar-refractivity contribution >= 4 is 61.4 Å². The van der Waals surface area contributed by atoms with E-state index in [1.54, 1.807) is 24.9 Å². The molecule has 4 saturated heterocycles. The Hall–Kier alpha value is -6.68. The summed E-state index contributed by atoms with van der Waals surface area (Å²) in [4.78, 5) is 60.7. The van der Waals surface area contributed by atoms with Crippen molar-refractivity contribution in [1.29, 1.82) is 5.26 Å². The van der Waals surface area contributed by atoms with E-state index in [1.807, 2.05) is 6.92 Å². The Kier molecular flexibility index (Phi) is 12.4. The van der Waals surface area contributed by atoms with E-state index in [-0.39, 0.29) is 98.2 Å². The molecule has 0 aliphatic carbocycles. The van der Waals surface area contributed by atoms with Gasteiger partial charge in [-0.1, -0.05) is 6.92 Å². The molecule has 4 aliphatic rings. The number of urea groups is 1. The number of likely N-dealkylation sites (tertiary alicyclic amines) is 2. The topological polar surface area (TPSA) is 217 Å². The van der Waals surface area contributed by atoms with E-state index in [1.165, 1.54) is 56.7 Å². The van der Waals surface area contributed by atoms with Crippen LogP contribution in [-0.2, 0) is 37.1 Å². The highest BCUT2D eigenvalue weighted by atomic mass is 32.2. The van der Waals surface area contributed by atoms with E-state index in [2.05, 4.69) is 20.1 Å². The number of hydrogen-bond donors (Lipinski definition) is 2. The van der Waals surface area contributed by atoms with Crippen LogP contribution < -0.4 is 25.2 Å². The first kappa shape index (κ1) is 48.3. The maximum atomic E-state index is 16.0. The molecule has 2 atom stereocenters. The van der Waals surface area contributed by atoms with Gasteiger partial charge in [0.05, 0.1) is 65.2 Å². The lowest BCUT2D eigenvalue weighted by atomic mass is 9.82. The molecule has 2 N–H and O–H groups in total. The second-order valence-electron chi connectivity index (χ2n) is 18.6. The van der Waals surface area contributed by atoms with Gasteiger partial charge in [-0.25, -0.2) is 27.3 Å². The molecule has 9 rings (SSSR count). The van der Waals surface area contributed by atoms with Crippen molar-refractivity contribution in [3.8, 4) is 17.6 Å². The second kappa shape index (κ2) is 17.9. The van der Waals surface area contributed by atoms with E-state index in [9.17, 15) is 32.9 Å². The Morgan fingerprint density at radius 3 is 2.51 bits per heavy atom. The second-order valence-corrected chi connectivity index (χ2v) is 20.3. The van der Waals surface area contributed by atoms with E-state index >= 15 is 17.6 Å². The summed E-state index contributed by atoms with van der Waals surface area (Å²) in [5.41, 5.74) is -2.21. The number of benzene rings is 3. The maximum absolute atomic E-state index is 16.0. The number of piperidine rings is 2. The number of nitrogens with one attached hydrogen (secondary N) is 2. The molecule has 3 aromatic carbocycles. The number of nitriles is 1. The van der Waals surface area contributed by atoms with Gasteiger partial charge in [-0.15, -0.1) is 0 Å². The highest BCUT2D eigenvalue weighted by Gasteiger charge is 2.51. The minimum Gasteiger partial charge on any atom is -0.453 e. The van der Waals surface area contributed by atoms with Crippen LogP contribution in [0.3, 0.4) is 0 Å². The third-order valence-corrected chi connectivity index (χ3v) is 15.5. The number of aryl methyl sites for hydroxylation is 1. The van der Waals surface area contributed by atoms with Crippen molar-refractivity contribution in [2.24, 2.45) is 7.05 Å². The summed E-state index contributed by atoms with van der Waals surface area (Å²) in [6.07, 6.45) is 2.52. The van der Waals surface area contributed by atoms with E-state index < -0.39 is 80.2 Å². The normalized spacial score (nSPS) is 21.7. The Balaban J connectivity index is 0.835. The molecule has 0 bridgehead atoms. The number of ether oxygens (including phenoxy) is 2. The molecule has 1 spiro atoms. The number of carbonyl (C=O) groups excluding carboxylic acids is 3. The number of hydrogen-bond acceptors (Lipinski definition) is 12. The van der Waals surface area contributed by atoms with Gasteiger partial charge in [-0.05, 0) is 80.8 Å².